The van der Waals surface area contributed by atoms with Crippen molar-refractivity contribution >= 4 is 33.2 Å². The lowest BCUT2D eigenvalue weighted by Crippen LogP contribution is -2.38. The van der Waals surface area contributed by atoms with Crippen molar-refractivity contribution in [2.75, 3.05) is 23.4 Å². The van der Waals surface area contributed by atoms with E-state index in [2.05, 4.69) is 10.6 Å². The predicted octanol–water partition coefficient (Wildman–Crippen LogP) is 2.44. The molecule has 1 aromatic carbocycles. The fourth-order valence-electron chi connectivity index (χ4n) is 2.19. The smallest absolute Gasteiger partial charge is 0.319 e. The topological polar surface area (TPSA) is 84.5 Å². The molecule has 0 radical (unpaired) electrons. The lowest BCUT2D eigenvalue weighted by Gasteiger charge is -2.15. The molecule has 1 atom stereocenters. The number of rotatable bonds is 5. The first-order chi connectivity index (χ1) is 10.4. The maximum Gasteiger partial charge on any atom is 0.319 e. The molecule has 0 saturated carbocycles. The lowest BCUT2D eigenvalue weighted by atomic mass is 10.2. The maximum atomic E-state index is 12.0. The van der Waals surface area contributed by atoms with Gasteiger partial charge in [-0.15, -0.1) is 0 Å². The first kappa shape index (κ1) is 16.9. The Morgan fingerprint density at radius 1 is 1.45 bits per heavy atom. The number of urea groups is 1. The standard InChI is InChI=1S/C14H19ClN2O4S/c1-2-6-21-13-4-3-10(15)8-12(13)17-14(18)16-11-5-7-22(19,20)9-11/h3-4,8,11H,2,5-7,9H2,1H3,(H2,16,17,18)/t11-/m0/s1. The molecule has 0 aliphatic carbocycles. The van der Waals surface area contributed by atoms with Crippen molar-refractivity contribution in [1.82, 2.24) is 5.32 Å². The summed E-state index contributed by atoms with van der Waals surface area (Å²) >= 11 is 5.94. The molecule has 22 heavy (non-hydrogen) atoms. The number of hydrogen-bond acceptors (Lipinski definition) is 4. The number of carbonyl (C=O) groups excluding carboxylic acids is 1. The van der Waals surface area contributed by atoms with Crippen molar-refractivity contribution in [3.63, 3.8) is 0 Å². The molecule has 1 heterocycles. The zero-order valence-electron chi connectivity index (χ0n) is 12.3. The molecule has 2 N–H and O–H groups in total. The summed E-state index contributed by atoms with van der Waals surface area (Å²) in [5, 5.41) is 5.79. The van der Waals surface area contributed by atoms with E-state index < -0.39 is 15.9 Å². The number of sulfone groups is 1. The minimum atomic E-state index is -3.03. The second kappa shape index (κ2) is 7.19. The Bertz CT molecular complexity index is 648. The molecular weight excluding hydrogens is 328 g/mol. The summed E-state index contributed by atoms with van der Waals surface area (Å²) in [6.07, 6.45) is 1.28. The number of ether oxygens (including phenoxy) is 1. The van der Waals surface area contributed by atoms with Crippen LogP contribution < -0.4 is 15.4 Å². The van der Waals surface area contributed by atoms with Crippen LogP contribution in [-0.2, 0) is 9.84 Å². The first-order valence-corrected chi connectivity index (χ1v) is 9.30. The van der Waals surface area contributed by atoms with E-state index in [1.165, 1.54) is 0 Å². The molecule has 1 aliphatic heterocycles. The minimum absolute atomic E-state index is 0.0187. The Hall–Kier alpha value is -1.47. The van der Waals surface area contributed by atoms with Crippen LogP contribution in [0.4, 0.5) is 10.5 Å². The number of carbonyl (C=O) groups is 1. The number of amides is 2. The molecule has 0 bridgehead atoms. The average Bonchev–Trinajstić information content (AvgIpc) is 2.77. The summed E-state index contributed by atoms with van der Waals surface area (Å²) in [5.74, 6) is 0.621. The van der Waals surface area contributed by atoms with Gasteiger partial charge in [0.1, 0.15) is 5.75 Å². The van der Waals surface area contributed by atoms with E-state index >= 15 is 0 Å². The molecule has 122 valence electrons. The third-order valence-corrected chi connectivity index (χ3v) is 5.22. The number of benzene rings is 1. The van der Waals surface area contributed by atoms with Gasteiger partial charge in [-0.1, -0.05) is 18.5 Å². The minimum Gasteiger partial charge on any atom is -0.491 e. The van der Waals surface area contributed by atoms with Crippen LogP contribution in [0.15, 0.2) is 18.2 Å². The summed E-state index contributed by atoms with van der Waals surface area (Å²) < 4.78 is 28.3. The van der Waals surface area contributed by atoms with Crippen molar-refractivity contribution in [3.8, 4) is 5.75 Å². The van der Waals surface area contributed by atoms with Crippen LogP contribution >= 0.6 is 11.6 Å². The Morgan fingerprint density at radius 2 is 2.23 bits per heavy atom. The van der Waals surface area contributed by atoms with Gasteiger partial charge in [0.25, 0.3) is 0 Å². The average molecular weight is 347 g/mol. The van der Waals surface area contributed by atoms with Crippen molar-refractivity contribution in [3.05, 3.63) is 23.2 Å². The van der Waals surface area contributed by atoms with Crippen LogP contribution in [0.1, 0.15) is 19.8 Å². The molecule has 0 aromatic heterocycles. The molecule has 0 spiro atoms. The lowest BCUT2D eigenvalue weighted by molar-refractivity contribution is 0.249. The van der Waals surface area contributed by atoms with Crippen molar-refractivity contribution in [1.29, 1.82) is 0 Å². The third-order valence-electron chi connectivity index (χ3n) is 3.22. The summed E-state index contributed by atoms with van der Waals surface area (Å²) in [5.41, 5.74) is 0.458. The largest absolute Gasteiger partial charge is 0.491 e. The zero-order chi connectivity index (χ0) is 16.2. The van der Waals surface area contributed by atoms with Crippen LogP contribution in [0, 0.1) is 0 Å². The fraction of sp³-hybridized carbons (Fsp3) is 0.500. The summed E-state index contributed by atoms with van der Waals surface area (Å²) in [6.45, 7) is 2.51. The van der Waals surface area contributed by atoms with Gasteiger partial charge in [-0.3, -0.25) is 0 Å². The number of anilines is 1. The normalized spacial score (nSPS) is 19.6. The van der Waals surface area contributed by atoms with Crippen molar-refractivity contribution in [2.24, 2.45) is 0 Å². The van der Waals surface area contributed by atoms with Gasteiger partial charge in [0, 0.05) is 11.1 Å². The highest BCUT2D eigenvalue weighted by molar-refractivity contribution is 7.91. The molecule has 8 heteroatoms. The fourth-order valence-corrected chi connectivity index (χ4v) is 4.04. The van der Waals surface area contributed by atoms with E-state index in [0.29, 0.717) is 29.5 Å². The molecule has 2 amide bonds. The van der Waals surface area contributed by atoms with Crippen molar-refractivity contribution < 1.29 is 17.9 Å². The van der Waals surface area contributed by atoms with Crippen LogP contribution in [0.2, 0.25) is 5.02 Å². The highest BCUT2D eigenvalue weighted by Gasteiger charge is 2.29. The monoisotopic (exact) mass is 346 g/mol. The summed E-state index contributed by atoms with van der Waals surface area (Å²) in [6, 6.07) is 4.14. The quantitative estimate of drug-likeness (QED) is 0.857. The van der Waals surface area contributed by atoms with Gasteiger partial charge < -0.3 is 15.4 Å². The van der Waals surface area contributed by atoms with Gasteiger partial charge in [-0.2, -0.15) is 0 Å². The predicted molar refractivity (Wildman–Crippen MR) is 86.5 cm³/mol. The van der Waals surface area contributed by atoms with Crippen LogP contribution in [0.3, 0.4) is 0 Å². The molecule has 6 nitrogen and oxygen atoms in total. The molecule has 0 unspecified atom stereocenters. The van der Waals surface area contributed by atoms with Gasteiger partial charge in [0.15, 0.2) is 9.84 Å². The van der Waals surface area contributed by atoms with Crippen molar-refractivity contribution in [2.45, 2.75) is 25.8 Å². The Morgan fingerprint density at radius 3 is 2.86 bits per heavy atom. The van der Waals surface area contributed by atoms with Gasteiger partial charge >= 0.3 is 6.03 Å². The Labute approximate surface area is 135 Å². The molecule has 2 rings (SSSR count). The molecule has 1 aromatic rings. The van der Waals surface area contributed by atoms with Crippen LogP contribution in [-0.4, -0.2) is 38.6 Å². The summed E-state index contributed by atoms with van der Waals surface area (Å²) in [7, 11) is -3.03. The maximum absolute atomic E-state index is 12.0. The van der Waals surface area contributed by atoms with E-state index in [9.17, 15) is 13.2 Å². The van der Waals surface area contributed by atoms with Crippen LogP contribution in [0.25, 0.3) is 0 Å². The summed E-state index contributed by atoms with van der Waals surface area (Å²) in [4.78, 5) is 12.0. The SMILES string of the molecule is CCCOc1ccc(Cl)cc1NC(=O)N[C@H]1CCS(=O)(=O)C1. The highest BCUT2D eigenvalue weighted by Crippen LogP contribution is 2.28. The molecule has 1 fully saturated rings. The second-order valence-electron chi connectivity index (χ2n) is 5.19. The number of nitrogens with one attached hydrogen (secondary N) is 2. The second-order valence-corrected chi connectivity index (χ2v) is 7.85. The number of halogens is 1. The Kier molecular flexibility index (Phi) is 5.52. The molecule has 1 saturated heterocycles. The van der Waals surface area contributed by atoms with E-state index in [1.54, 1.807) is 18.2 Å². The van der Waals surface area contributed by atoms with E-state index in [1.807, 2.05) is 6.92 Å². The van der Waals surface area contributed by atoms with Gasteiger partial charge in [0.2, 0.25) is 0 Å². The van der Waals surface area contributed by atoms with Crippen LogP contribution in [0.5, 0.6) is 5.75 Å². The van der Waals surface area contributed by atoms with Gasteiger partial charge in [-0.05, 0) is 31.0 Å². The van der Waals surface area contributed by atoms with E-state index in [4.69, 9.17) is 16.3 Å². The van der Waals surface area contributed by atoms with Gasteiger partial charge in [-0.25, -0.2) is 13.2 Å². The van der Waals surface area contributed by atoms with Gasteiger partial charge in [0.05, 0.1) is 23.8 Å². The molecule has 1 aliphatic rings. The molecular formula is C14H19ClN2O4S. The third kappa shape index (κ3) is 4.78. The van der Waals surface area contributed by atoms with E-state index in [0.717, 1.165) is 6.42 Å². The number of hydrogen-bond donors (Lipinski definition) is 2. The first-order valence-electron chi connectivity index (χ1n) is 7.10. The highest BCUT2D eigenvalue weighted by atomic mass is 35.5. The zero-order valence-corrected chi connectivity index (χ0v) is 13.8. The Balaban J connectivity index is 2.00. The van der Waals surface area contributed by atoms with E-state index in [-0.39, 0.29) is 17.5 Å².